The van der Waals surface area contributed by atoms with E-state index < -0.39 is 25.2 Å². The minimum absolute atomic E-state index is 0.227. The number of carbonyl (C=O) groups excluding carboxylic acids is 1. The molecule has 0 spiro atoms. The molecule has 0 bridgehead atoms. The monoisotopic (exact) mass is 438 g/mol. The van der Waals surface area contributed by atoms with Gasteiger partial charge in [-0.15, -0.1) is 0 Å². The van der Waals surface area contributed by atoms with Crippen molar-refractivity contribution in [1.29, 1.82) is 5.41 Å². The largest absolute Gasteiger partial charge is 0.390 e. The van der Waals surface area contributed by atoms with Crippen LogP contribution in [0.3, 0.4) is 0 Å². The fourth-order valence-electron chi connectivity index (χ4n) is 3.62. The summed E-state index contributed by atoms with van der Waals surface area (Å²) in [5.74, 6) is -0.227. The van der Waals surface area contributed by atoms with Crippen LogP contribution in [0.15, 0.2) is 35.9 Å². The van der Waals surface area contributed by atoms with Gasteiger partial charge in [-0.2, -0.15) is 13.2 Å². The first kappa shape index (κ1) is 24.9. The Morgan fingerprint density at radius 2 is 1.94 bits per heavy atom. The maximum atomic E-state index is 12.8. The lowest BCUT2D eigenvalue weighted by Gasteiger charge is -2.25. The standard InChI is InChI=1S/C23H33F3N4O/c1-3-17-5-9-19(10-6-17)21(27)30(16-14-23(24,25)26)22(31)29-15-13-18-7-11-20(12-8-18)28-4-2/h5-7,9-10,20,27-28H,3-4,8,11-16H2,1-2H3,(H,29,31). The number of hydrogen-bond donors (Lipinski definition) is 3. The lowest BCUT2D eigenvalue weighted by Crippen LogP contribution is -2.45. The molecule has 1 aliphatic rings. The number of amides is 2. The summed E-state index contributed by atoms with van der Waals surface area (Å²) in [6.07, 6.45) is 1.05. The Morgan fingerprint density at radius 3 is 2.48 bits per heavy atom. The molecule has 0 saturated carbocycles. The lowest BCUT2D eigenvalue weighted by atomic mass is 9.93. The maximum Gasteiger partial charge on any atom is 0.390 e. The molecule has 1 unspecified atom stereocenters. The minimum Gasteiger partial charge on any atom is -0.337 e. The average Bonchev–Trinajstić information content (AvgIpc) is 2.74. The molecular formula is C23H33F3N4O. The molecule has 3 N–H and O–H groups in total. The van der Waals surface area contributed by atoms with E-state index in [1.54, 1.807) is 12.1 Å². The molecule has 0 saturated heterocycles. The molecule has 31 heavy (non-hydrogen) atoms. The van der Waals surface area contributed by atoms with E-state index in [2.05, 4.69) is 23.6 Å². The zero-order valence-corrected chi connectivity index (χ0v) is 18.3. The average molecular weight is 439 g/mol. The van der Waals surface area contributed by atoms with Crippen LogP contribution in [0.25, 0.3) is 0 Å². The van der Waals surface area contributed by atoms with Gasteiger partial charge in [-0.25, -0.2) is 4.79 Å². The molecule has 0 fully saturated rings. The Morgan fingerprint density at radius 1 is 1.23 bits per heavy atom. The van der Waals surface area contributed by atoms with Gasteiger partial charge in [-0.3, -0.25) is 10.3 Å². The predicted octanol–water partition coefficient (Wildman–Crippen LogP) is 5.02. The zero-order valence-electron chi connectivity index (χ0n) is 18.3. The number of nitrogens with one attached hydrogen (secondary N) is 3. The lowest BCUT2D eigenvalue weighted by molar-refractivity contribution is -0.135. The normalized spacial score (nSPS) is 16.5. The van der Waals surface area contributed by atoms with Crippen LogP contribution in [-0.4, -0.2) is 48.6 Å². The first-order valence-corrected chi connectivity index (χ1v) is 10.9. The van der Waals surface area contributed by atoms with E-state index in [1.165, 1.54) is 5.57 Å². The number of aryl methyl sites for hydroxylation is 1. The summed E-state index contributed by atoms with van der Waals surface area (Å²) in [4.78, 5) is 13.5. The third-order valence-electron chi connectivity index (χ3n) is 5.49. The van der Waals surface area contributed by atoms with E-state index in [9.17, 15) is 18.0 Å². The zero-order chi connectivity index (χ0) is 22.9. The number of amidine groups is 1. The van der Waals surface area contributed by atoms with Crippen molar-refractivity contribution < 1.29 is 18.0 Å². The molecule has 0 aliphatic heterocycles. The van der Waals surface area contributed by atoms with Gasteiger partial charge < -0.3 is 10.6 Å². The second kappa shape index (κ2) is 11.9. The Labute approximate surface area is 182 Å². The fraction of sp³-hybridized carbons (Fsp3) is 0.565. The van der Waals surface area contributed by atoms with Crippen molar-refractivity contribution in [2.45, 2.75) is 64.6 Å². The first-order valence-electron chi connectivity index (χ1n) is 10.9. The molecule has 1 aromatic carbocycles. The number of benzene rings is 1. The molecule has 5 nitrogen and oxygen atoms in total. The molecular weight excluding hydrogens is 405 g/mol. The summed E-state index contributed by atoms with van der Waals surface area (Å²) in [5, 5.41) is 14.4. The highest BCUT2D eigenvalue weighted by molar-refractivity contribution is 6.05. The second-order valence-electron chi connectivity index (χ2n) is 7.79. The van der Waals surface area contributed by atoms with Crippen molar-refractivity contribution >= 4 is 11.9 Å². The van der Waals surface area contributed by atoms with E-state index in [-0.39, 0.29) is 5.84 Å². The first-order chi connectivity index (χ1) is 14.7. The SMILES string of the molecule is CCNC1CC=C(CCNC(=O)N(CCC(F)(F)F)C(=N)c2ccc(CC)cc2)CC1. The number of halogens is 3. The third-order valence-corrected chi connectivity index (χ3v) is 5.49. The van der Waals surface area contributed by atoms with Crippen molar-refractivity contribution in [3.05, 3.63) is 47.0 Å². The molecule has 172 valence electrons. The third kappa shape index (κ3) is 8.36. The highest BCUT2D eigenvalue weighted by Crippen LogP contribution is 2.22. The number of nitrogens with zero attached hydrogens (tertiary/aromatic N) is 1. The van der Waals surface area contributed by atoms with E-state index in [1.807, 2.05) is 19.1 Å². The molecule has 0 radical (unpaired) electrons. The number of urea groups is 1. The fourth-order valence-corrected chi connectivity index (χ4v) is 3.62. The van der Waals surface area contributed by atoms with Crippen LogP contribution in [0.4, 0.5) is 18.0 Å². The molecule has 2 rings (SSSR count). The van der Waals surface area contributed by atoms with Gasteiger partial charge in [-0.1, -0.05) is 49.8 Å². The molecule has 1 atom stereocenters. The minimum atomic E-state index is -4.40. The van der Waals surface area contributed by atoms with Gasteiger partial charge in [0.05, 0.1) is 6.42 Å². The summed E-state index contributed by atoms with van der Waals surface area (Å²) in [7, 11) is 0. The maximum absolute atomic E-state index is 12.8. The van der Waals surface area contributed by atoms with Crippen molar-refractivity contribution in [2.24, 2.45) is 0 Å². The van der Waals surface area contributed by atoms with Gasteiger partial charge in [0, 0.05) is 24.7 Å². The van der Waals surface area contributed by atoms with E-state index >= 15 is 0 Å². The Balaban J connectivity index is 1.97. The van der Waals surface area contributed by atoms with Crippen molar-refractivity contribution in [3.8, 4) is 0 Å². The van der Waals surface area contributed by atoms with Crippen LogP contribution in [-0.2, 0) is 6.42 Å². The topological polar surface area (TPSA) is 68.2 Å². The highest BCUT2D eigenvalue weighted by atomic mass is 19.4. The summed E-state index contributed by atoms with van der Waals surface area (Å²) in [6.45, 7) is 4.75. The molecule has 0 aromatic heterocycles. The number of carbonyl (C=O) groups is 1. The van der Waals surface area contributed by atoms with E-state index in [0.29, 0.717) is 24.6 Å². The quantitative estimate of drug-likeness (QED) is 0.288. The van der Waals surface area contributed by atoms with Gasteiger partial charge >= 0.3 is 12.2 Å². The van der Waals surface area contributed by atoms with Gasteiger partial charge in [0.25, 0.3) is 0 Å². The Bertz CT molecular complexity index is 759. The highest BCUT2D eigenvalue weighted by Gasteiger charge is 2.30. The molecule has 1 aromatic rings. The van der Waals surface area contributed by atoms with Crippen LogP contribution < -0.4 is 10.6 Å². The summed E-state index contributed by atoms with van der Waals surface area (Å²) in [5.41, 5.74) is 2.72. The van der Waals surface area contributed by atoms with Gasteiger partial charge in [0.15, 0.2) is 0 Å². The van der Waals surface area contributed by atoms with Crippen LogP contribution in [0, 0.1) is 5.41 Å². The van der Waals surface area contributed by atoms with Crippen molar-refractivity contribution in [3.63, 3.8) is 0 Å². The van der Waals surface area contributed by atoms with Crippen LogP contribution in [0.5, 0.6) is 0 Å². The van der Waals surface area contributed by atoms with E-state index in [4.69, 9.17) is 5.41 Å². The Kier molecular flexibility index (Phi) is 9.55. The van der Waals surface area contributed by atoms with Crippen LogP contribution in [0.1, 0.15) is 57.1 Å². The van der Waals surface area contributed by atoms with Crippen LogP contribution in [0.2, 0.25) is 0 Å². The van der Waals surface area contributed by atoms with Gasteiger partial charge in [0.1, 0.15) is 5.84 Å². The van der Waals surface area contributed by atoms with Gasteiger partial charge in [0.2, 0.25) is 0 Å². The molecule has 1 aliphatic carbocycles. The summed E-state index contributed by atoms with van der Waals surface area (Å²) >= 11 is 0. The van der Waals surface area contributed by atoms with Gasteiger partial charge in [-0.05, 0) is 44.2 Å². The summed E-state index contributed by atoms with van der Waals surface area (Å²) < 4.78 is 38.4. The predicted molar refractivity (Wildman–Crippen MR) is 117 cm³/mol. The van der Waals surface area contributed by atoms with E-state index in [0.717, 1.165) is 42.7 Å². The molecule has 0 heterocycles. The molecule has 2 amide bonds. The smallest absolute Gasteiger partial charge is 0.337 e. The number of alkyl halides is 3. The Hall–Kier alpha value is -2.35. The van der Waals surface area contributed by atoms with Crippen LogP contribution >= 0.6 is 0 Å². The van der Waals surface area contributed by atoms with Crippen molar-refractivity contribution in [2.75, 3.05) is 19.6 Å². The van der Waals surface area contributed by atoms with Crippen molar-refractivity contribution in [1.82, 2.24) is 15.5 Å². The second-order valence-corrected chi connectivity index (χ2v) is 7.79. The number of hydrogen-bond acceptors (Lipinski definition) is 3. The summed E-state index contributed by atoms with van der Waals surface area (Å²) in [6, 6.07) is 6.79. The molecule has 8 heteroatoms. The number of rotatable bonds is 9.